The summed E-state index contributed by atoms with van der Waals surface area (Å²) in [6, 6.07) is 4.16. The maximum atomic E-state index is 12.8. The number of aromatic nitrogens is 2. The number of nitrogens with one attached hydrogen (secondary N) is 2. The summed E-state index contributed by atoms with van der Waals surface area (Å²) in [4.78, 5) is 35.3. The van der Waals surface area contributed by atoms with Crippen LogP contribution in [0.4, 0.5) is 23.7 Å². The van der Waals surface area contributed by atoms with Crippen LogP contribution in [0.25, 0.3) is 0 Å². The number of halogens is 3. The molecule has 3 rings (SSSR count). The number of nitro groups is 1. The fourth-order valence-electron chi connectivity index (χ4n) is 3.02. The number of benzene rings is 1. The number of carbonyl (C=O) groups excluding carboxylic acids is 2. The van der Waals surface area contributed by atoms with E-state index in [0.29, 0.717) is 0 Å². The molecule has 10 nitrogen and oxygen atoms in total. The number of urea groups is 1. The standard InChI is InChI=1S/C18H16F3N5O5/c1-2-31-16(27)14-12(9-25-7-6-13(24-25)18(19,20)21)22-17(28)23-15(14)10-4-3-5-11(8-10)26(29)30/h3-8,15H,2,9H2,1H3,(H2,22,23,28). The van der Waals surface area contributed by atoms with Crippen molar-refractivity contribution in [2.45, 2.75) is 25.7 Å². The van der Waals surface area contributed by atoms with E-state index in [2.05, 4.69) is 15.7 Å². The Morgan fingerprint density at radius 2 is 2.10 bits per heavy atom. The van der Waals surface area contributed by atoms with Crippen LogP contribution in [0.1, 0.15) is 24.2 Å². The number of non-ortho nitro benzene ring substituents is 1. The van der Waals surface area contributed by atoms with Crippen molar-refractivity contribution < 1.29 is 32.4 Å². The van der Waals surface area contributed by atoms with E-state index in [4.69, 9.17) is 4.74 Å². The first kappa shape index (κ1) is 21.8. The monoisotopic (exact) mass is 439 g/mol. The lowest BCUT2D eigenvalue weighted by Crippen LogP contribution is -2.47. The summed E-state index contributed by atoms with van der Waals surface area (Å²) in [5.74, 6) is -0.843. The number of hydrogen-bond acceptors (Lipinski definition) is 6. The Labute approximate surface area is 172 Å². The Hall–Kier alpha value is -3.90. The molecule has 1 aliphatic rings. The van der Waals surface area contributed by atoms with Crippen LogP contribution in [-0.4, -0.2) is 33.3 Å². The highest BCUT2D eigenvalue weighted by Gasteiger charge is 2.36. The first-order valence-electron chi connectivity index (χ1n) is 8.92. The maximum absolute atomic E-state index is 12.8. The molecule has 1 atom stereocenters. The van der Waals surface area contributed by atoms with Gasteiger partial charge in [-0.05, 0) is 18.6 Å². The van der Waals surface area contributed by atoms with Gasteiger partial charge in [0.25, 0.3) is 5.69 Å². The van der Waals surface area contributed by atoms with Crippen molar-refractivity contribution in [1.29, 1.82) is 0 Å². The van der Waals surface area contributed by atoms with Crippen LogP contribution in [0, 0.1) is 10.1 Å². The minimum Gasteiger partial charge on any atom is -0.463 e. The molecule has 0 saturated heterocycles. The summed E-state index contributed by atoms with van der Waals surface area (Å²) in [6.45, 7) is 1.17. The summed E-state index contributed by atoms with van der Waals surface area (Å²) in [7, 11) is 0. The number of esters is 1. The third-order valence-corrected chi connectivity index (χ3v) is 4.31. The van der Waals surface area contributed by atoms with Crippen LogP contribution in [0.15, 0.2) is 47.8 Å². The normalized spacial score (nSPS) is 16.5. The number of nitrogens with zero attached hydrogens (tertiary/aromatic N) is 3. The average molecular weight is 439 g/mol. The molecule has 2 aromatic rings. The van der Waals surface area contributed by atoms with Crippen molar-refractivity contribution in [3.8, 4) is 0 Å². The Morgan fingerprint density at radius 1 is 1.35 bits per heavy atom. The van der Waals surface area contributed by atoms with Crippen LogP contribution in [0.5, 0.6) is 0 Å². The second kappa shape index (κ2) is 8.45. The van der Waals surface area contributed by atoms with E-state index >= 15 is 0 Å². The fraction of sp³-hybridized carbons (Fsp3) is 0.278. The second-order valence-corrected chi connectivity index (χ2v) is 6.39. The van der Waals surface area contributed by atoms with E-state index < -0.39 is 34.8 Å². The predicted molar refractivity (Wildman–Crippen MR) is 98.4 cm³/mol. The van der Waals surface area contributed by atoms with Crippen LogP contribution >= 0.6 is 0 Å². The van der Waals surface area contributed by atoms with Gasteiger partial charge in [-0.1, -0.05) is 12.1 Å². The minimum absolute atomic E-state index is 0.00872. The van der Waals surface area contributed by atoms with Gasteiger partial charge in [0.15, 0.2) is 5.69 Å². The van der Waals surface area contributed by atoms with Gasteiger partial charge < -0.3 is 15.4 Å². The van der Waals surface area contributed by atoms with E-state index in [0.717, 1.165) is 16.9 Å². The summed E-state index contributed by atoms with van der Waals surface area (Å²) >= 11 is 0. The summed E-state index contributed by atoms with van der Waals surface area (Å²) in [6.07, 6.45) is -3.61. The minimum atomic E-state index is -4.66. The van der Waals surface area contributed by atoms with Crippen molar-refractivity contribution in [2.75, 3.05) is 6.61 Å². The molecular formula is C18H16F3N5O5. The van der Waals surface area contributed by atoms with Gasteiger partial charge in [0, 0.05) is 18.3 Å². The van der Waals surface area contributed by atoms with E-state index in [1.807, 2.05) is 0 Å². The number of hydrogen-bond donors (Lipinski definition) is 2. The zero-order chi connectivity index (χ0) is 22.8. The van der Waals surface area contributed by atoms with Gasteiger partial charge in [0.05, 0.1) is 35.4 Å². The first-order valence-corrected chi connectivity index (χ1v) is 8.92. The number of ether oxygens (including phenoxy) is 1. The first-order chi connectivity index (χ1) is 14.6. The molecule has 0 bridgehead atoms. The average Bonchev–Trinajstić information content (AvgIpc) is 3.17. The third kappa shape index (κ3) is 4.82. The van der Waals surface area contributed by atoms with Crippen molar-refractivity contribution in [2.24, 2.45) is 0 Å². The fourth-order valence-corrected chi connectivity index (χ4v) is 3.02. The molecule has 13 heteroatoms. The molecule has 164 valence electrons. The number of allylic oxidation sites excluding steroid dienone is 1. The molecular weight excluding hydrogens is 423 g/mol. The van der Waals surface area contributed by atoms with Crippen molar-refractivity contribution in [3.63, 3.8) is 0 Å². The van der Waals surface area contributed by atoms with Gasteiger partial charge in [-0.25, -0.2) is 9.59 Å². The third-order valence-electron chi connectivity index (χ3n) is 4.31. The molecule has 1 aliphatic heterocycles. The van der Waals surface area contributed by atoms with E-state index in [1.165, 1.54) is 24.3 Å². The van der Waals surface area contributed by atoms with Gasteiger partial charge in [0.1, 0.15) is 0 Å². The summed E-state index contributed by atoms with van der Waals surface area (Å²) in [5.41, 5.74) is -1.33. The Balaban J connectivity index is 2.07. The van der Waals surface area contributed by atoms with Crippen LogP contribution in [-0.2, 0) is 22.3 Å². The SMILES string of the molecule is CCOC(=O)C1=C(Cn2ccc(C(F)(F)F)n2)NC(=O)NC1c1cccc([N+](=O)[O-])c1. The van der Waals surface area contributed by atoms with Crippen LogP contribution < -0.4 is 10.6 Å². The number of rotatable bonds is 6. The van der Waals surface area contributed by atoms with Gasteiger partial charge in [0.2, 0.25) is 0 Å². The van der Waals surface area contributed by atoms with E-state index in [-0.39, 0.29) is 35.7 Å². The predicted octanol–water partition coefficient (Wildman–Crippen LogP) is 2.68. The van der Waals surface area contributed by atoms with Crippen molar-refractivity contribution in [3.05, 3.63) is 69.2 Å². The van der Waals surface area contributed by atoms with Crippen molar-refractivity contribution >= 4 is 17.7 Å². The number of nitro benzene ring substituents is 1. The molecule has 1 aromatic carbocycles. The Bertz CT molecular complexity index is 1060. The highest BCUT2D eigenvalue weighted by atomic mass is 19.4. The van der Waals surface area contributed by atoms with Gasteiger partial charge in [-0.3, -0.25) is 14.8 Å². The lowest BCUT2D eigenvalue weighted by molar-refractivity contribution is -0.384. The lowest BCUT2D eigenvalue weighted by atomic mass is 9.94. The molecule has 0 spiro atoms. The van der Waals surface area contributed by atoms with Gasteiger partial charge in [-0.2, -0.15) is 18.3 Å². The molecule has 0 saturated carbocycles. The molecule has 0 radical (unpaired) electrons. The van der Waals surface area contributed by atoms with E-state index in [1.54, 1.807) is 6.92 Å². The van der Waals surface area contributed by atoms with Gasteiger partial charge >= 0.3 is 18.2 Å². The largest absolute Gasteiger partial charge is 0.463 e. The summed E-state index contributed by atoms with van der Waals surface area (Å²) in [5, 5.41) is 19.4. The van der Waals surface area contributed by atoms with Gasteiger partial charge in [-0.15, -0.1) is 0 Å². The number of amides is 2. The zero-order valence-electron chi connectivity index (χ0n) is 16.0. The molecule has 2 N–H and O–H groups in total. The molecule has 1 aromatic heterocycles. The smallest absolute Gasteiger partial charge is 0.435 e. The quantitative estimate of drug-likeness (QED) is 0.405. The van der Waals surface area contributed by atoms with Crippen LogP contribution in [0.3, 0.4) is 0 Å². The number of carbonyl (C=O) groups is 2. The second-order valence-electron chi connectivity index (χ2n) is 6.39. The Morgan fingerprint density at radius 3 is 2.71 bits per heavy atom. The Kier molecular flexibility index (Phi) is 5.95. The number of alkyl halides is 3. The van der Waals surface area contributed by atoms with Crippen LogP contribution in [0.2, 0.25) is 0 Å². The highest BCUT2D eigenvalue weighted by molar-refractivity contribution is 5.95. The van der Waals surface area contributed by atoms with E-state index in [9.17, 15) is 32.9 Å². The molecule has 0 fully saturated rings. The lowest BCUT2D eigenvalue weighted by Gasteiger charge is -2.29. The van der Waals surface area contributed by atoms with Crippen molar-refractivity contribution in [1.82, 2.24) is 20.4 Å². The highest BCUT2D eigenvalue weighted by Crippen LogP contribution is 2.31. The molecule has 2 amide bonds. The molecule has 0 aliphatic carbocycles. The molecule has 1 unspecified atom stereocenters. The molecule has 2 heterocycles. The molecule has 31 heavy (non-hydrogen) atoms. The maximum Gasteiger partial charge on any atom is 0.435 e. The topological polar surface area (TPSA) is 128 Å². The zero-order valence-corrected chi connectivity index (χ0v) is 16.0. The summed E-state index contributed by atoms with van der Waals surface area (Å²) < 4.78 is 44.5.